The van der Waals surface area contributed by atoms with Crippen LogP contribution in [0.15, 0.2) is 109 Å². The van der Waals surface area contributed by atoms with Gasteiger partial charge in [0.1, 0.15) is 17.9 Å². The molecule has 7 rings (SSSR count). The molecule has 0 aliphatic rings. The van der Waals surface area contributed by atoms with E-state index >= 15 is 0 Å². The molecule has 0 amide bonds. The first-order valence-corrected chi connectivity index (χ1v) is 23.2. The van der Waals surface area contributed by atoms with Gasteiger partial charge in [0.05, 0.1) is 0 Å². The lowest BCUT2D eigenvalue weighted by Crippen LogP contribution is -2.74. The summed E-state index contributed by atoms with van der Waals surface area (Å²) in [7, 11) is 0. The molecule has 7 aromatic rings. The van der Waals surface area contributed by atoms with Crippen LogP contribution in [0.3, 0.4) is 0 Å². The average Bonchev–Trinajstić information content (AvgIpc) is 4.12. The van der Waals surface area contributed by atoms with Crippen molar-refractivity contribution < 1.29 is 94.0 Å². The third-order valence-corrected chi connectivity index (χ3v) is 15.1. The summed E-state index contributed by atoms with van der Waals surface area (Å²) < 4.78 is 247. The van der Waals surface area contributed by atoms with Gasteiger partial charge in [0.15, 0.2) is 12.4 Å². The van der Waals surface area contributed by atoms with Crippen LogP contribution < -0.4 is 9.64 Å². The van der Waals surface area contributed by atoms with Crippen molar-refractivity contribution in [1.82, 2.24) is 0 Å². The van der Waals surface area contributed by atoms with Crippen molar-refractivity contribution in [3.8, 4) is 38.8 Å². The van der Waals surface area contributed by atoms with Crippen LogP contribution in [0.4, 0.5) is 91.7 Å². The van der Waals surface area contributed by atoms with Gasteiger partial charge in [-0.1, -0.05) is 24.3 Å². The number of allylic oxidation sites excluding steroid dienone is 2. The predicted octanol–water partition coefficient (Wildman–Crippen LogP) is 16.9. The molecular formula is C46H22F17N3O4S4. The van der Waals surface area contributed by atoms with Crippen LogP contribution in [0.5, 0.6) is 5.75 Å². The number of benzene rings is 3. The monoisotopic (exact) mass is 1130 g/mol. The smallest absolute Gasteiger partial charge is 0.460 e. The number of nitrogens with zero attached hydrogens (tertiary/aromatic N) is 3. The molecule has 0 spiro atoms. The molecule has 0 atom stereocenters. The highest BCUT2D eigenvalue weighted by Gasteiger charge is 2.95. The summed E-state index contributed by atoms with van der Waals surface area (Å²) in [6, 6.07) is 27.8. The number of alkyl halides is 17. The molecule has 28 heteroatoms. The van der Waals surface area contributed by atoms with Crippen molar-refractivity contribution in [2.75, 3.05) is 11.5 Å². The number of anilines is 3. The summed E-state index contributed by atoms with van der Waals surface area (Å²) in [5.41, 5.74) is 2.38. The summed E-state index contributed by atoms with van der Waals surface area (Å²) in [5, 5.41) is 27.7. The lowest BCUT2D eigenvalue weighted by atomic mass is 9.89. The zero-order chi connectivity index (χ0) is 54.6. The van der Waals surface area contributed by atoms with Crippen molar-refractivity contribution in [1.29, 1.82) is 10.5 Å². The number of carbonyl (C=O) groups excluding carboxylic acids is 1. The number of halogens is 17. The number of thiophene rings is 4. The summed E-state index contributed by atoms with van der Waals surface area (Å²) in [5.74, 6) is -59.1. The molecule has 74 heavy (non-hydrogen) atoms. The van der Waals surface area contributed by atoms with Gasteiger partial charge < -0.3 is 19.5 Å². The molecule has 0 aliphatic heterocycles. The van der Waals surface area contributed by atoms with E-state index < -0.39 is 65.7 Å². The molecule has 4 aromatic heterocycles. The second-order valence-corrected chi connectivity index (χ2v) is 19.7. The average molecular weight is 1130 g/mol. The zero-order valence-electron chi connectivity index (χ0n) is 35.7. The van der Waals surface area contributed by atoms with Gasteiger partial charge in [0.2, 0.25) is 5.76 Å². The van der Waals surface area contributed by atoms with E-state index in [0.717, 1.165) is 52.8 Å². The van der Waals surface area contributed by atoms with Gasteiger partial charge in [-0.2, -0.15) is 85.2 Å². The Balaban J connectivity index is 1.16. The minimum absolute atomic E-state index is 0.111. The van der Waals surface area contributed by atoms with E-state index in [1.165, 1.54) is 57.5 Å². The Morgan fingerprint density at radius 2 is 0.919 bits per heavy atom. The summed E-state index contributed by atoms with van der Waals surface area (Å²) in [6.45, 7) is -2.99. The topological polar surface area (TPSA) is 107 Å². The highest BCUT2D eigenvalue weighted by molar-refractivity contribution is 7.30. The second-order valence-electron chi connectivity index (χ2n) is 15.3. The minimum atomic E-state index is -8.75. The predicted molar refractivity (Wildman–Crippen MR) is 242 cm³/mol. The van der Waals surface area contributed by atoms with Gasteiger partial charge in [-0.05, 0) is 83.9 Å². The largest absolute Gasteiger partial charge is 0.499 e. The number of aliphatic hydroxyl groups excluding tert-OH is 1. The van der Waals surface area contributed by atoms with E-state index in [1.54, 1.807) is 77.7 Å². The number of rotatable bonds is 18. The number of fused-ring (bicyclic) bond motifs is 2. The Morgan fingerprint density at radius 3 is 1.31 bits per heavy atom. The van der Waals surface area contributed by atoms with Crippen LogP contribution in [0.1, 0.15) is 9.75 Å². The number of ether oxygens (including phenoxy) is 2. The van der Waals surface area contributed by atoms with Gasteiger partial charge in [-0.15, -0.1) is 45.3 Å². The van der Waals surface area contributed by atoms with E-state index in [9.17, 15) is 89.8 Å². The quantitative estimate of drug-likeness (QED) is 0.0300. The molecule has 388 valence electrons. The highest BCUT2D eigenvalue weighted by atomic mass is 32.1. The van der Waals surface area contributed by atoms with Crippen LogP contribution >= 0.6 is 45.3 Å². The molecule has 0 aliphatic carbocycles. The number of nitriles is 2. The van der Waals surface area contributed by atoms with E-state index in [-0.39, 0.29) is 17.9 Å². The van der Waals surface area contributed by atoms with Crippen molar-refractivity contribution in [2.45, 2.75) is 47.6 Å². The van der Waals surface area contributed by atoms with Gasteiger partial charge in [-0.3, -0.25) is 4.79 Å². The molecule has 0 saturated heterocycles. The van der Waals surface area contributed by atoms with Crippen LogP contribution in [0, 0.1) is 22.7 Å². The van der Waals surface area contributed by atoms with Crippen LogP contribution in [-0.2, 0) is 9.53 Å². The minimum Gasteiger partial charge on any atom is -0.499 e. The van der Waals surface area contributed by atoms with Gasteiger partial charge in [-0.25, -0.2) is 0 Å². The Morgan fingerprint density at radius 1 is 0.527 bits per heavy atom. The van der Waals surface area contributed by atoms with Crippen molar-refractivity contribution >= 4 is 99.8 Å². The van der Waals surface area contributed by atoms with E-state index in [1.807, 2.05) is 12.1 Å². The maximum atomic E-state index is 14.7. The first-order valence-electron chi connectivity index (χ1n) is 19.9. The Hall–Kier alpha value is -6.88. The standard InChI is InChI=1S/C46H22F17N3O4S4/c47-39(48,40(49,50)41(51,52)42(53,54)43(55,56)44(57,58)45(59,60)46(61,62)63)21-69-29-11-9-27(10-12-29)66(25-5-1-23(2-6-25)33-17-37-35(73-33)15-31(71-37)13-28(68)19-64)26-7-3-24(4-8-26)34-18-38-36(74-34)16-32(72-38)14-30(20-65)70-22-67/h1-18,22,68H,21H2/b28-13+,30-14+. The molecule has 0 bridgehead atoms. The normalized spacial score (nSPS) is 13.8. The molecular weight excluding hydrogens is 1110 g/mol. The molecule has 1 N–H and O–H groups in total. The van der Waals surface area contributed by atoms with E-state index in [4.69, 9.17) is 5.26 Å². The van der Waals surface area contributed by atoms with Crippen LogP contribution in [0.25, 0.3) is 51.8 Å². The fraction of sp³-hybridized carbons (Fsp3) is 0.196. The summed E-state index contributed by atoms with van der Waals surface area (Å²) >= 11 is 5.37. The SMILES string of the molecule is N#C/C(O)=C\c1cc2sc(-c3ccc(N(c4ccc(OCC(F)(F)C(F)(F)C(F)(F)C(F)(F)C(F)(F)C(F)(F)C(F)(F)C(F)(F)F)cc4)c4ccc(-c5cc6sc(/C=C(\C#N)OC=O)cc6s5)cc4)cc3)cc2s1. The fourth-order valence-electron chi connectivity index (χ4n) is 6.73. The first kappa shape index (κ1) is 54.9. The zero-order valence-corrected chi connectivity index (χ0v) is 39.0. The lowest BCUT2D eigenvalue weighted by Gasteiger charge is -2.42. The third-order valence-electron chi connectivity index (χ3n) is 10.5. The fourth-order valence-corrected chi connectivity index (χ4v) is 11.4. The molecule has 0 unspecified atom stereocenters. The molecule has 0 saturated carbocycles. The number of carbonyl (C=O) groups is 1. The van der Waals surface area contributed by atoms with Gasteiger partial charge in [0, 0.05) is 67.5 Å². The molecule has 0 fully saturated rings. The van der Waals surface area contributed by atoms with E-state index in [0.29, 0.717) is 32.3 Å². The van der Waals surface area contributed by atoms with Crippen LogP contribution in [0.2, 0.25) is 0 Å². The van der Waals surface area contributed by atoms with Crippen LogP contribution in [-0.4, -0.2) is 65.8 Å². The maximum absolute atomic E-state index is 14.7. The Bertz CT molecular complexity index is 3300. The van der Waals surface area contributed by atoms with Crippen molar-refractivity contribution in [3.05, 3.63) is 118 Å². The maximum Gasteiger partial charge on any atom is 0.460 e. The highest BCUT2D eigenvalue weighted by Crippen LogP contribution is 2.64. The Labute approximate surface area is 419 Å². The van der Waals surface area contributed by atoms with Gasteiger partial charge in [0.25, 0.3) is 6.47 Å². The molecule has 4 heterocycles. The summed E-state index contributed by atoms with van der Waals surface area (Å²) in [6.07, 6.45) is -5.17. The Kier molecular flexibility index (Phi) is 14.4. The number of hydrogen-bond acceptors (Lipinski definition) is 11. The van der Waals surface area contributed by atoms with Crippen molar-refractivity contribution in [3.63, 3.8) is 0 Å². The molecule has 0 radical (unpaired) electrons. The number of hydrogen-bond donors (Lipinski definition) is 1. The van der Waals surface area contributed by atoms with E-state index in [2.05, 4.69) is 9.47 Å². The first-order chi connectivity index (χ1) is 34.3. The molecule has 7 nitrogen and oxygen atoms in total. The third kappa shape index (κ3) is 9.59. The number of aliphatic hydroxyl groups is 1. The summed E-state index contributed by atoms with van der Waals surface area (Å²) in [4.78, 5) is 15.1. The van der Waals surface area contributed by atoms with Crippen molar-refractivity contribution in [2.24, 2.45) is 0 Å². The molecule has 3 aromatic carbocycles. The lowest BCUT2D eigenvalue weighted by molar-refractivity contribution is -0.462. The second kappa shape index (κ2) is 19.4. The van der Waals surface area contributed by atoms with Gasteiger partial charge >= 0.3 is 47.6 Å².